The molecule has 1 aromatic heterocycles. The van der Waals surface area contributed by atoms with Crippen LogP contribution in [0.5, 0.6) is 0 Å². The standard InChI is InChI=1S/C20H24F3N3O4/c1-10(2)16(19(29)30-4)26-18(28)15(24-11(3)27)9-13-12-7-5-6-8-14(12)25-17(13)20(21,22)23/h5-8,10,15-16,25H,9H2,1-4H3,(H,24,27)(H,26,28)/t15-,16-/m0/s1. The van der Waals surface area contributed by atoms with Gasteiger partial charge in [-0.3, -0.25) is 9.59 Å². The van der Waals surface area contributed by atoms with Crippen LogP contribution < -0.4 is 10.6 Å². The van der Waals surface area contributed by atoms with Gasteiger partial charge in [0.05, 0.1) is 7.11 Å². The summed E-state index contributed by atoms with van der Waals surface area (Å²) in [4.78, 5) is 38.7. The van der Waals surface area contributed by atoms with Crippen LogP contribution in [0.1, 0.15) is 32.0 Å². The number of hydrogen-bond donors (Lipinski definition) is 3. The summed E-state index contributed by atoms with van der Waals surface area (Å²) in [5.41, 5.74) is -0.872. The molecular weight excluding hydrogens is 403 g/mol. The molecule has 0 radical (unpaired) electrons. The summed E-state index contributed by atoms with van der Waals surface area (Å²) in [5.74, 6) is -2.41. The molecule has 0 fully saturated rings. The summed E-state index contributed by atoms with van der Waals surface area (Å²) >= 11 is 0. The van der Waals surface area contributed by atoms with Crippen LogP contribution in [-0.4, -0.2) is 42.0 Å². The fourth-order valence-electron chi connectivity index (χ4n) is 3.19. The number of carbonyl (C=O) groups excluding carboxylic acids is 3. The second-order valence-corrected chi connectivity index (χ2v) is 7.23. The van der Waals surface area contributed by atoms with E-state index >= 15 is 0 Å². The van der Waals surface area contributed by atoms with Crippen molar-refractivity contribution in [3.63, 3.8) is 0 Å². The molecular formula is C20H24F3N3O4. The molecule has 2 rings (SSSR count). The first-order valence-corrected chi connectivity index (χ1v) is 9.27. The number of amides is 2. The van der Waals surface area contributed by atoms with Crippen LogP contribution in [0.3, 0.4) is 0 Å². The summed E-state index contributed by atoms with van der Waals surface area (Å²) in [6, 6.07) is 3.83. The number of aromatic amines is 1. The van der Waals surface area contributed by atoms with Gasteiger partial charge >= 0.3 is 12.1 Å². The maximum absolute atomic E-state index is 13.6. The number of methoxy groups -OCH3 is 1. The average molecular weight is 427 g/mol. The van der Waals surface area contributed by atoms with Crippen molar-refractivity contribution in [3.8, 4) is 0 Å². The van der Waals surface area contributed by atoms with Gasteiger partial charge in [0.2, 0.25) is 11.8 Å². The van der Waals surface area contributed by atoms with Gasteiger partial charge < -0.3 is 20.4 Å². The number of nitrogens with one attached hydrogen (secondary N) is 3. The van der Waals surface area contributed by atoms with Crippen LogP contribution in [-0.2, 0) is 31.7 Å². The Kier molecular flexibility index (Phi) is 7.12. The average Bonchev–Trinajstić information content (AvgIpc) is 3.03. The van der Waals surface area contributed by atoms with Crippen molar-refractivity contribution >= 4 is 28.7 Å². The number of carbonyl (C=O) groups is 3. The highest BCUT2D eigenvalue weighted by atomic mass is 19.4. The number of ether oxygens (including phenoxy) is 1. The van der Waals surface area contributed by atoms with E-state index in [4.69, 9.17) is 0 Å². The SMILES string of the molecule is COC(=O)[C@@H](NC(=O)[C@H](Cc1c(C(F)(F)F)[nH]c2ccccc12)NC(C)=O)C(C)C. The van der Waals surface area contributed by atoms with Crippen molar-refractivity contribution in [2.75, 3.05) is 7.11 Å². The number of aromatic nitrogens is 1. The zero-order valence-corrected chi connectivity index (χ0v) is 17.0. The minimum absolute atomic E-state index is 0.147. The molecule has 0 saturated carbocycles. The molecule has 7 nitrogen and oxygen atoms in total. The number of alkyl halides is 3. The molecule has 164 valence electrons. The Morgan fingerprint density at radius 1 is 1.13 bits per heavy atom. The zero-order valence-electron chi connectivity index (χ0n) is 17.0. The topological polar surface area (TPSA) is 100 Å². The molecule has 1 aromatic carbocycles. The third-order valence-electron chi connectivity index (χ3n) is 4.62. The first-order chi connectivity index (χ1) is 14.0. The summed E-state index contributed by atoms with van der Waals surface area (Å²) < 4.78 is 45.4. The Balaban J connectivity index is 2.43. The van der Waals surface area contributed by atoms with Crippen molar-refractivity contribution in [1.82, 2.24) is 15.6 Å². The van der Waals surface area contributed by atoms with E-state index in [2.05, 4.69) is 20.4 Å². The van der Waals surface area contributed by atoms with E-state index in [0.29, 0.717) is 5.39 Å². The lowest BCUT2D eigenvalue weighted by atomic mass is 9.99. The molecule has 2 amide bonds. The van der Waals surface area contributed by atoms with Crippen LogP contribution in [0.4, 0.5) is 13.2 Å². The second kappa shape index (κ2) is 9.19. The number of halogens is 3. The van der Waals surface area contributed by atoms with E-state index in [1.54, 1.807) is 26.0 Å². The quantitative estimate of drug-likeness (QED) is 0.592. The zero-order chi connectivity index (χ0) is 22.6. The molecule has 0 aliphatic rings. The Hall–Kier alpha value is -3.04. The number of benzene rings is 1. The van der Waals surface area contributed by atoms with Gasteiger partial charge in [0, 0.05) is 24.2 Å². The molecule has 10 heteroatoms. The Morgan fingerprint density at radius 2 is 1.77 bits per heavy atom. The minimum Gasteiger partial charge on any atom is -0.467 e. The highest BCUT2D eigenvalue weighted by molar-refractivity contribution is 5.92. The number of esters is 1. The van der Waals surface area contributed by atoms with Gasteiger partial charge in [-0.1, -0.05) is 32.0 Å². The Labute approximate surface area is 171 Å². The maximum Gasteiger partial charge on any atom is 0.431 e. The van der Waals surface area contributed by atoms with Crippen molar-refractivity contribution in [2.45, 2.75) is 45.5 Å². The lowest BCUT2D eigenvalue weighted by Crippen LogP contribution is -2.53. The first kappa shape index (κ1) is 23.2. The van der Waals surface area contributed by atoms with Crippen molar-refractivity contribution < 1.29 is 32.3 Å². The van der Waals surface area contributed by atoms with Gasteiger partial charge in [0.15, 0.2) is 0 Å². The van der Waals surface area contributed by atoms with E-state index in [1.165, 1.54) is 12.1 Å². The van der Waals surface area contributed by atoms with Gasteiger partial charge in [-0.25, -0.2) is 4.79 Å². The third kappa shape index (κ3) is 5.31. The van der Waals surface area contributed by atoms with Crippen LogP contribution >= 0.6 is 0 Å². The normalized spacial score (nSPS) is 13.7. The maximum atomic E-state index is 13.6. The number of para-hydroxylation sites is 1. The van der Waals surface area contributed by atoms with Gasteiger partial charge in [0.1, 0.15) is 17.8 Å². The van der Waals surface area contributed by atoms with Crippen molar-refractivity contribution in [3.05, 3.63) is 35.5 Å². The summed E-state index contributed by atoms with van der Waals surface area (Å²) in [5, 5.41) is 5.14. The molecule has 0 aliphatic carbocycles. The lowest BCUT2D eigenvalue weighted by Gasteiger charge is -2.24. The monoisotopic (exact) mass is 427 g/mol. The van der Waals surface area contributed by atoms with E-state index in [9.17, 15) is 27.6 Å². The summed E-state index contributed by atoms with van der Waals surface area (Å²) in [6.45, 7) is 4.51. The van der Waals surface area contributed by atoms with E-state index in [-0.39, 0.29) is 17.0 Å². The second-order valence-electron chi connectivity index (χ2n) is 7.23. The molecule has 3 N–H and O–H groups in total. The van der Waals surface area contributed by atoms with E-state index < -0.39 is 48.2 Å². The molecule has 0 aliphatic heterocycles. The smallest absolute Gasteiger partial charge is 0.431 e. The lowest BCUT2D eigenvalue weighted by molar-refractivity contribution is -0.146. The number of hydrogen-bond acceptors (Lipinski definition) is 4. The molecule has 0 saturated heterocycles. The molecule has 0 spiro atoms. The molecule has 2 atom stereocenters. The minimum atomic E-state index is -4.68. The number of fused-ring (bicyclic) bond motifs is 1. The van der Waals surface area contributed by atoms with Crippen LogP contribution in [0.25, 0.3) is 10.9 Å². The Morgan fingerprint density at radius 3 is 2.30 bits per heavy atom. The fourth-order valence-corrected chi connectivity index (χ4v) is 3.19. The van der Waals surface area contributed by atoms with Crippen LogP contribution in [0.2, 0.25) is 0 Å². The molecule has 30 heavy (non-hydrogen) atoms. The molecule has 0 bridgehead atoms. The largest absolute Gasteiger partial charge is 0.467 e. The van der Waals surface area contributed by atoms with Gasteiger partial charge in [-0.15, -0.1) is 0 Å². The highest BCUT2D eigenvalue weighted by Gasteiger charge is 2.38. The van der Waals surface area contributed by atoms with E-state index in [0.717, 1.165) is 14.0 Å². The van der Waals surface area contributed by atoms with E-state index in [1.807, 2.05) is 0 Å². The van der Waals surface area contributed by atoms with Crippen molar-refractivity contribution in [2.24, 2.45) is 5.92 Å². The third-order valence-corrected chi connectivity index (χ3v) is 4.62. The van der Waals surface area contributed by atoms with Gasteiger partial charge in [0.25, 0.3) is 0 Å². The summed E-state index contributed by atoms with van der Waals surface area (Å²) in [7, 11) is 1.16. The van der Waals surface area contributed by atoms with Gasteiger partial charge in [-0.2, -0.15) is 13.2 Å². The molecule has 0 unspecified atom stereocenters. The van der Waals surface area contributed by atoms with Gasteiger partial charge in [-0.05, 0) is 17.5 Å². The number of rotatable bonds is 7. The highest BCUT2D eigenvalue weighted by Crippen LogP contribution is 2.36. The Bertz CT molecular complexity index is 937. The first-order valence-electron chi connectivity index (χ1n) is 9.27. The predicted octanol–water partition coefficient (Wildman–Crippen LogP) is 2.55. The predicted molar refractivity (Wildman–Crippen MR) is 103 cm³/mol. The fraction of sp³-hybridized carbons (Fsp3) is 0.450. The molecule has 1 heterocycles. The van der Waals surface area contributed by atoms with Crippen LogP contribution in [0.15, 0.2) is 24.3 Å². The van der Waals surface area contributed by atoms with Crippen LogP contribution in [0, 0.1) is 5.92 Å². The summed E-state index contributed by atoms with van der Waals surface area (Å²) in [6.07, 6.45) is -5.10. The van der Waals surface area contributed by atoms with Crippen molar-refractivity contribution in [1.29, 1.82) is 0 Å². The molecule has 2 aromatic rings. The number of H-pyrrole nitrogens is 1.